The predicted octanol–water partition coefficient (Wildman–Crippen LogP) is 3.40. The molecule has 0 fully saturated rings. The summed E-state index contributed by atoms with van der Waals surface area (Å²) in [5, 5.41) is 5.51. The average molecular weight is 247 g/mol. The largest absolute Gasteiger partial charge is 0.454 e. The fraction of sp³-hybridized carbons (Fsp3) is 0.231. The number of thiophene rings is 1. The van der Waals surface area contributed by atoms with Gasteiger partial charge < -0.3 is 14.8 Å². The number of ether oxygens (including phenoxy) is 2. The van der Waals surface area contributed by atoms with Gasteiger partial charge in [-0.1, -0.05) is 0 Å². The van der Waals surface area contributed by atoms with Gasteiger partial charge in [-0.05, 0) is 36.1 Å². The lowest BCUT2D eigenvalue weighted by atomic mass is 10.2. The van der Waals surface area contributed by atoms with E-state index in [9.17, 15) is 0 Å². The Morgan fingerprint density at radius 2 is 2.12 bits per heavy atom. The lowest BCUT2D eigenvalue weighted by Crippen LogP contribution is -1.98. The number of hydrogen-bond acceptors (Lipinski definition) is 4. The fourth-order valence-corrected chi connectivity index (χ4v) is 2.62. The summed E-state index contributed by atoms with van der Waals surface area (Å²) in [5.74, 6) is 1.64. The minimum absolute atomic E-state index is 0.322. The Labute approximate surface area is 104 Å². The maximum Gasteiger partial charge on any atom is 0.231 e. The molecule has 17 heavy (non-hydrogen) atoms. The number of aryl methyl sites for hydroxylation is 1. The molecule has 0 aliphatic carbocycles. The van der Waals surface area contributed by atoms with Crippen molar-refractivity contribution in [3.8, 4) is 11.5 Å². The van der Waals surface area contributed by atoms with Crippen molar-refractivity contribution in [3.63, 3.8) is 0 Å². The van der Waals surface area contributed by atoms with E-state index in [-0.39, 0.29) is 0 Å². The minimum Gasteiger partial charge on any atom is -0.454 e. The second-order valence-electron chi connectivity index (χ2n) is 3.95. The monoisotopic (exact) mass is 247 g/mol. The van der Waals surface area contributed by atoms with Gasteiger partial charge in [-0.3, -0.25) is 0 Å². The first-order valence-electron chi connectivity index (χ1n) is 5.49. The fourth-order valence-electron chi connectivity index (χ4n) is 1.77. The van der Waals surface area contributed by atoms with E-state index in [1.165, 1.54) is 10.4 Å². The summed E-state index contributed by atoms with van der Waals surface area (Å²) in [7, 11) is 0. The minimum atomic E-state index is 0.322. The molecule has 88 valence electrons. The third-order valence-electron chi connectivity index (χ3n) is 2.79. The molecule has 1 aromatic carbocycles. The highest BCUT2D eigenvalue weighted by Crippen LogP contribution is 2.34. The van der Waals surface area contributed by atoms with Crippen LogP contribution in [0.1, 0.15) is 10.4 Å². The molecule has 0 radical (unpaired) electrons. The number of benzene rings is 1. The molecule has 0 saturated carbocycles. The summed E-state index contributed by atoms with van der Waals surface area (Å²) in [6, 6.07) is 8.06. The van der Waals surface area contributed by atoms with Crippen LogP contribution in [0.2, 0.25) is 0 Å². The van der Waals surface area contributed by atoms with Gasteiger partial charge in [0, 0.05) is 23.2 Å². The second kappa shape index (κ2) is 4.30. The highest BCUT2D eigenvalue weighted by atomic mass is 32.1. The van der Waals surface area contributed by atoms with Crippen molar-refractivity contribution < 1.29 is 9.47 Å². The van der Waals surface area contributed by atoms with Crippen LogP contribution in [-0.2, 0) is 6.54 Å². The number of anilines is 1. The zero-order chi connectivity index (χ0) is 11.7. The van der Waals surface area contributed by atoms with Gasteiger partial charge in [-0.25, -0.2) is 0 Å². The molecule has 2 heterocycles. The SMILES string of the molecule is Cc1ccsc1CNc1ccc2c(c1)OCO2. The summed E-state index contributed by atoms with van der Waals surface area (Å²) in [4.78, 5) is 1.36. The van der Waals surface area contributed by atoms with Crippen LogP contribution < -0.4 is 14.8 Å². The van der Waals surface area contributed by atoms with Crippen molar-refractivity contribution in [3.05, 3.63) is 40.1 Å². The van der Waals surface area contributed by atoms with E-state index in [0.717, 1.165) is 23.7 Å². The van der Waals surface area contributed by atoms with E-state index in [0.29, 0.717) is 6.79 Å². The van der Waals surface area contributed by atoms with Crippen molar-refractivity contribution in [1.29, 1.82) is 0 Å². The molecule has 1 aliphatic heterocycles. The van der Waals surface area contributed by atoms with Crippen LogP contribution in [-0.4, -0.2) is 6.79 Å². The normalized spacial score (nSPS) is 12.8. The zero-order valence-corrected chi connectivity index (χ0v) is 10.3. The molecule has 1 aliphatic rings. The maximum absolute atomic E-state index is 5.34. The Balaban J connectivity index is 1.72. The molecule has 0 amide bonds. The van der Waals surface area contributed by atoms with Gasteiger partial charge in [-0.2, -0.15) is 0 Å². The second-order valence-corrected chi connectivity index (χ2v) is 4.95. The molecule has 1 aromatic heterocycles. The summed E-state index contributed by atoms with van der Waals surface area (Å²) in [6.45, 7) is 3.30. The van der Waals surface area contributed by atoms with E-state index in [2.05, 4.69) is 23.7 Å². The Kier molecular flexibility index (Phi) is 2.65. The van der Waals surface area contributed by atoms with Crippen LogP contribution in [0.25, 0.3) is 0 Å². The van der Waals surface area contributed by atoms with Gasteiger partial charge in [0.2, 0.25) is 6.79 Å². The molecule has 0 spiro atoms. The van der Waals surface area contributed by atoms with Crippen molar-refractivity contribution >= 4 is 17.0 Å². The Morgan fingerprint density at radius 3 is 2.94 bits per heavy atom. The lowest BCUT2D eigenvalue weighted by Gasteiger charge is -2.06. The summed E-state index contributed by atoms with van der Waals surface area (Å²) < 4.78 is 10.6. The Bertz CT molecular complexity index is 536. The first kappa shape index (κ1) is 10.5. The molecule has 0 atom stereocenters. The van der Waals surface area contributed by atoms with Crippen LogP contribution in [0.15, 0.2) is 29.6 Å². The number of fused-ring (bicyclic) bond motifs is 1. The van der Waals surface area contributed by atoms with Crippen LogP contribution in [0.3, 0.4) is 0 Å². The first-order chi connectivity index (χ1) is 8.33. The molecule has 1 N–H and O–H groups in total. The third-order valence-corrected chi connectivity index (χ3v) is 3.82. The Morgan fingerprint density at radius 1 is 1.24 bits per heavy atom. The molecule has 3 nitrogen and oxygen atoms in total. The molecular formula is C13H13NO2S. The zero-order valence-electron chi connectivity index (χ0n) is 9.53. The smallest absolute Gasteiger partial charge is 0.231 e. The first-order valence-corrected chi connectivity index (χ1v) is 6.37. The van der Waals surface area contributed by atoms with Gasteiger partial charge in [0.15, 0.2) is 11.5 Å². The van der Waals surface area contributed by atoms with Crippen molar-refractivity contribution in [2.45, 2.75) is 13.5 Å². The van der Waals surface area contributed by atoms with Gasteiger partial charge in [0.25, 0.3) is 0 Å². The van der Waals surface area contributed by atoms with E-state index >= 15 is 0 Å². The van der Waals surface area contributed by atoms with E-state index < -0.39 is 0 Å². The third kappa shape index (κ3) is 2.08. The Hall–Kier alpha value is -1.68. The summed E-state index contributed by atoms with van der Waals surface area (Å²) in [5.41, 5.74) is 2.39. The topological polar surface area (TPSA) is 30.5 Å². The number of rotatable bonds is 3. The van der Waals surface area contributed by atoms with E-state index in [4.69, 9.17) is 9.47 Å². The van der Waals surface area contributed by atoms with Crippen molar-refractivity contribution in [2.24, 2.45) is 0 Å². The van der Waals surface area contributed by atoms with Crippen LogP contribution in [0.5, 0.6) is 11.5 Å². The average Bonchev–Trinajstić information content (AvgIpc) is 2.94. The van der Waals surface area contributed by atoms with Crippen molar-refractivity contribution in [1.82, 2.24) is 0 Å². The molecular weight excluding hydrogens is 234 g/mol. The van der Waals surface area contributed by atoms with Gasteiger partial charge in [-0.15, -0.1) is 11.3 Å². The maximum atomic E-state index is 5.34. The molecule has 4 heteroatoms. The lowest BCUT2D eigenvalue weighted by molar-refractivity contribution is 0.174. The quantitative estimate of drug-likeness (QED) is 0.901. The highest BCUT2D eigenvalue weighted by Gasteiger charge is 2.13. The molecule has 0 saturated heterocycles. The molecule has 3 rings (SSSR count). The highest BCUT2D eigenvalue weighted by molar-refractivity contribution is 7.10. The summed E-state index contributed by atoms with van der Waals surface area (Å²) in [6.07, 6.45) is 0. The molecule has 0 bridgehead atoms. The van der Waals surface area contributed by atoms with Crippen molar-refractivity contribution in [2.75, 3.05) is 12.1 Å². The standard InChI is InChI=1S/C13H13NO2S/c1-9-4-5-17-13(9)7-14-10-2-3-11-12(6-10)16-8-15-11/h2-6,14H,7-8H2,1H3. The van der Waals surface area contributed by atoms with Crippen LogP contribution >= 0.6 is 11.3 Å². The van der Waals surface area contributed by atoms with E-state index in [1.54, 1.807) is 11.3 Å². The van der Waals surface area contributed by atoms with Gasteiger partial charge in [0.1, 0.15) is 0 Å². The molecule has 0 unspecified atom stereocenters. The van der Waals surface area contributed by atoms with Crippen LogP contribution in [0, 0.1) is 6.92 Å². The van der Waals surface area contributed by atoms with E-state index in [1.807, 2.05) is 18.2 Å². The predicted molar refractivity (Wildman–Crippen MR) is 68.9 cm³/mol. The van der Waals surface area contributed by atoms with Gasteiger partial charge in [0.05, 0.1) is 0 Å². The molecule has 2 aromatic rings. The number of nitrogens with one attached hydrogen (secondary N) is 1. The van der Waals surface area contributed by atoms with Crippen LogP contribution in [0.4, 0.5) is 5.69 Å². The van der Waals surface area contributed by atoms with Gasteiger partial charge >= 0.3 is 0 Å². The number of hydrogen-bond donors (Lipinski definition) is 1. The summed E-state index contributed by atoms with van der Waals surface area (Å²) >= 11 is 1.78.